The molecule has 0 saturated heterocycles. The number of nitrogens with two attached hydrogens (primary N) is 1. The van der Waals surface area contributed by atoms with Crippen molar-refractivity contribution in [2.75, 3.05) is 26.3 Å². The fraction of sp³-hybridized carbons (Fsp3) is 0.471. The van der Waals surface area contributed by atoms with Crippen molar-refractivity contribution >= 4 is 85.5 Å². The van der Waals surface area contributed by atoms with Crippen LogP contribution < -0.4 is 16.4 Å². The van der Waals surface area contributed by atoms with E-state index in [1.54, 1.807) is 67.8 Å². The van der Waals surface area contributed by atoms with E-state index in [0.717, 1.165) is 0 Å². The predicted molar refractivity (Wildman–Crippen MR) is 136 cm³/mol. The average molecular weight is 793 g/mol. The van der Waals surface area contributed by atoms with E-state index >= 15 is 0 Å². The Morgan fingerprint density at radius 3 is 1.28 bits per heavy atom. The lowest BCUT2D eigenvalue weighted by Crippen LogP contribution is -2.42. The quantitative estimate of drug-likeness (QED) is 0.108. The van der Waals surface area contributed by atoms with Gasteiger partial charge in [-0.15, -0.1) is 0 Å². The van der Waals surface area contributed by atoms with Gasteiger partial charge in [0, 0.05) is 23.8 Å². The van der Waals surface area contributed by atoms with Gasteiger partial charge in [0.05, 0.1) is 42.1 Å². The van der Waals surface area contributed by atoms with Crippen molar-refractivity contribution in [1.82, 2.24) is 10.6 Å². The summed E-state index contributed by atoms with van der Waals surface area (Å²) in [6.45, 7) is -2.28. The van der Waals surface area contributed by atoms with Crippen LogP contribution in [0.1, 0.15) is 31.1 Å². The average Bonchev–Trinajstić information content (AvgIpc) is 2.73. The lowest BCUT2D eigenvalue weighted by atomic mass is 10.0. The number of carbonyl (C=O) groups is 3. The summed E-state index contributed by atoms with van der Waals surface area (Å²) < 4.78 is 0.461. The van der Waals surface area contributed by atoms with E-state index in [9.17, 15) is 34.8 Å². The minimum absolute atomic E-state index is 0.0767. The van der Waals surface area contributed by atoms with Crippen LogP contribution in [0.4, 0.5) is 0 Å². The first-order chi connectivity index (χ1) is 14.9. The van der Waals surface area contributed by atoms with Crippen LogP contribution in [0.5, 0.6) is 0 Å². The van der Waals surface area contributed by atoms with Crippen LogP contribution in [0.2, 0.25) is 0 Å². The third-order valence-corrected chi connectivity index (χ3v) is 7.46. The molecule has 0 aliphatic rings. The molecule has 1 rings (SSSR count). The molecule has 0 spiro atoms. The zero-order chi connectivity index (χ0) is 24.7. The van der Waals surface area contributed by atoms with Gasteiger partial charge in [-0.05, 0) is 67.8 Å². The van der Waals surface area contributed by atoms with E-state index in [1.165, 1.54) is 0 Å². The van der Waals surface area contributed by atoms with Crippen molar-refractivity contribution in [3.05, 3.63) is 27.4 Å². The summed E-state index contributed by atoms with van der Waals surface area (Å²) >= 11 is 5.19. The topological polar surface area (TPSA) is 223 Å². The molecule has 32 heavy (non-hydrogen) atoms. The number of aliphatic hydroxyl groups excluding tert-OH is 6. The van der Waals surface area contributed by atoms with Crippen LogP contribution in [0.3, 0.4) is 0 Å². The van der Waals surface area contributed by atoms with E-state index in [1.807, 2.05) is 0 Å². The SMILES string of the molecule is NC(=O)c1c(I)c(C(=O)NCC(O)C(O)CO)c(I)c(C(=O)NCC(O)C(O)CO)c1I. The van der Waals surface area contributed by atoms with Gasteiger partial charge in [0.15, 0.2) is 0 Å². The molecule has 10 N–H and O–H groups in total. The van der Waals surface area contributed by atoms with Gasteiger partial charge in [-0.25, -0.2) is 0 Å². The van der Waals surface area contributed by atoms with E-state index in [-0.39, 0.29) is 27.4 Å². The number of halogens is 3. The summed E-state index contributed by atoms with van der Waals surface area (Å²) in [5.41, 5.74) is 5.20. The molecule has 0 radical (unpaired) electrons. The highest BCUT2D eigenvalue weighted by Gasteiger charge is 2.30. The smallest absolute Gasteiger partial charge is 0.253 e. The zero-order valence-corrected chi connectivity index (χ0v) is 22.7. The Kier molecular flexibility index (Phi) is 12.5. The molecule has 0 bridgehead atoms. The molecule has 0 aliphatic heterocycles. The summed E-state index contributed by atoms with van der Waals surface area (Å²) in [4.78, 5) is 37.6. The first kappa shape index (κ1) is 29.6. The van der Waals surface area contributed by atoms with Crippen molar-refractivity contribution in [2.45, 2.75) is 24.4 Å². The van der Waals surface area contributed by atoms with Gasteiger partial charge in [0.1, 0.15) is 12.2 Å². The number of benzene rings is 1. The summed E-state index contributed by atoms with van der Waals surface area (Å²) in [7, 11) is 0. The molecule has 4 atom stereocenters. The Balaban J connectivity index is 3.35. The van der Waals surface area contributed by atoms with Gasteiger partial charge in [-0.1, -0.05) is 0 Å². The highest BCUT2D eigenvalue weighted by atomic mass is 127. The van der Waals surface area contributed by atoms with Crippen LogP contribution in [-0.4, -0.2) is 99.1 Å². The Morgan fingerprint density at radius 2 is 1.00 bits per heavy atom. The van der Waals surface area contributed by atoms with Crippen molar-refractivity contribution in [3.63, 3.8) is 0 Å². The summed E-state index contributed by atoms with van der Waals surface area (Å²) in [6, 6.07) is 0. The summed E-state index contributed by atoms with van der Waals surface area (Å²) in [6.07, 6.45) is -5.87. The number of nitrogens with one attached hydrogen (secondary N) is 2. The van der Waals surface area contributed by atoms with Gasteiger partial charge in [-0.3, -0.25) is 14.4 Å². The van der Waals surface area contributed by atoms with Crippen molar-refractivity contribution in [2.24, 2.45) is 5.73 Å². The molecule has 180 valence electrons. The molecule has 0 heterocycles. The Bertz CT molecular complexity index is 812. The molecular formula is C17H22I3N3O9. The van der Waals surface area contributed by atoms with Crippen LogP contribution in [0.25, 0.3) is 0 Å². The molecule has 15 heteroatoms. The largest absolute Gasteiger partial charge is 0.394 e. The van der Waals surface area contributed by atoms with E-state index < -0.39 is 68.4 Å². The van der Waals surface area contributed by atoms with Crippen molar-refractivity contribution in [3.8, 4) is 0 Å². The predicted octanol–water partition coefficient (Wildman–Crippen LogP) is -2.51. The van der Waals surface area contributed by atoms with Crippen LogP contribution in [-0.2, 0) is 0 Å². The van der Waals surface area contributed by atoms with Crippen molar-refractivity contribution < 1.29 is 45.0 Å². The fourth-order valence-corrected chi connectivity index (χ4v) is 7.04. The second-order valence-corrected chi connectivity index (χ2v) is 9.72. The monoisotopic (exact) mass is 793 g/mol. The van der Waals surface area contributed by atoms with Gasteiger partial charge >= 0.3 is 0 Å². The van der Waals surface area contributed by atoms with E-state index in [2.05, 4.69) is 10.6 Å². The molecule has 0 fully saturated rings. The standard InChI is InChI=1S/C17H22I3N3O9/c18-12-9(15(21)30)13(19)11(17(32)23-2-6(27)8(29)4-25)14(20)10(12)16(31)22-1-5(26)7(28)3-24/h5-8,24-29H,1-4H2,(H2,21,30)(H,22,31)(H,23,32). The zero-order valence-electron chi connectivity index (χ0n) is 16.3. The normalized spacial score (nSPS) is 14.9. The lowest BCUT2D eigenvalue weighted by Gasteiger charge is -2.20. The molecule has 12 nitrogen and oxygen atoms in total. The Hall–Kier alpha value is -0.420. The maximum atomic E-state index is 12.8. The van der Waals surface area contributed by atoms with E-state index in [4.69, 9.17) is 15.9 Å². The number of hydrogen-bond donors (Lipinski definition) is 9. The van der Waals surface area contributed by atoms with E-state index in [0.29, 0.717) is 0 Å². The third kappa shape index (κ3) is 7.29. The maximum absolute atomic E-state index is 12.8. The molecule has 0 aromatic heterocycles. The molecule has 3 amide bonds. The first-order valence-electron chi connectivity index (χ1n) is 8.89. The van der Waals surface area contributed by atoms with Crippen LogP contribution in [0, 0.1) is 10.7 Å². The highest BCUT2D eigenvalue weighted by Crippen LogP contribution is 2.32. The fourth-order valence-electron chi connectivity index (χ4n) is 2.37. The molecule has 4 unspecified atom stereocenters. The third-order valence-electron chi connectivity index (χ3n) is 4.22. The Labute approximate surface area is 223 Å². The summed E-state index contributed by atoms with van der Waals surface area (Å²) in [5.74, 6) is -2.44. The number of hydrogen-bond acceptors (Lipinski definition) is 9. The van der Waals surface area contributed by atoms with Crippen molar-refractivity contribution in [1.29, 1.82) is 0 Å². The van der Waals surface area contributed by atoms with Gasteiger partial charge in [0.2, 0.25) is 0 Å². The highest BCUT2D eigenvalue weighted by molar-refractivity contribution is 14.1. The molecular weight excluding hydrogens is 771 g/mol. The molecule has 1 aromatic rings. The molecule has 0 saturated carbocycles. The number of aliphatic hydroxyl groups is 6. The second kappa shape index (κ2) is 13.5. The summed E-state index contributed by atoms with van der Waals surface area (Å²) in [5, 5.41) is 60.8. The molecule has 0 aliphatic carbocycles. The number of amides is 3. The minimum atomic E-state index is -1.48. The number of rotatable bonds is 11. The Morgan fingerprint density at radius 1 is 0.688 bits per heavy atom. The molecule has 1 aromatic carbocycles. The maximum Gasteiger partial charge on any atom is 0.253 e. The minimum Gasteiger partial charge on any atom is -0.394 e. The van der Waals surface area contributed by atoms with Crippen LogP contribution >= 0.6 is 67.8 Å². The van der Waals surface area contributed by atoms with Crippen LogP contribution in [0.15, 0.2) is 0 Å². The van der Waals surface area contributed by atoms with Gasteiger partial charge < -0.3 is 47.0 Å². The van der Waals surface area contributed by atoms with Gasteiger partial charge in [-0.2, -0.15) is 0 Å². The van der Waals surface area contributed by atoms with Gasteiger partial charge in [0.25, 0.3) is 17.7 Å². The lowest BCUT2D eigenvalue weighted by molar-refractivity contribution is -0.0123. The number of carbonyl (C=O) groups excluding carboxylic acids is 3. The second-order valence-electron chi connectivity index (χ2n) is 6.49. The first-order valence-corrected chi connectivity index (χ1v) is 12.1. The number of primary amides is 1.